The fourth-order valence-corrected chi connectivity index (χ4v) is 1.48. The fourth-order valence-electron chi connectivity index (χ4n) is 1.48. The molecule has 0 unspecified atom stereocenters. The van der Waals surface area contributed by atoms with Crippen molar-refractivity contribution in [2.24, 2.45) is 7.05 Å². The Morgan fingerprint density at radius 2 is 2.37 bits per heavy atom. The molecule has 0 aliphatic carbocycles. The highest BCUT2D eigenvalue weighted by molar-refractivity contribution is 5.56. The van der Waals surface area contributed by atoms with Crippen molar-refractivity contribution in [3.8, 4) is 0 Å². The number of aromatic nitrogens is 5. The molecular weight excluding hydrogens is 252 g/mol. The van der Waals surface area contributed by atoms with Gasteiger partial charge in [0.2, 0.25) is 11.8 Å². The summed E-state index contributed by atoms with van der Waals surface area (Å²) in [4.78, 5) is 17.6. The molecule has 0 fully saturated rings. The minimum Gasteiger partial charge on any atom is -0.368 e. The number of nitrogens with two attached hydrogens (primary N) is 1. The fraction of sp³-hybridized carbons (Fsp3) is 0.333. The van der Waals surface area contributed by atoms with Gasteiger partial charge in [0.1, 0.15) is 18.3 Å². The van der Waals surface area contributed by atoms with Gasteiger partial charge in [0.15, 0.2) is 0 Å². The Kier molecular flexibility index (Phi) is 3.50. The summed E-state index contributed by atoms with van der Waals surface area (Å²) in [5.74, 6) is 0.837. The molecule has 100 valence electrons. The highest BCUT2D eigenvalue weighted by Crippen LogP contribution is 2.20. The lowest BCUT2D eigenvalue weighted by atomic mass is 10.4. The first kappa shape index (κ1) is 12.7. The molecule has 10 heteroatoms. The predicted octanol–water partition coefficient (Wildman–Crippen LogP) is -0.250. The highest BCUT2D eigenvalue weighted by atomic mass is 16.6. The maximum atomic E-state index is 10.8. The Morgan fingerprint density at radius 3 is 3.00 bits per heavy atom. The van der Waals surface area contributed by atoms with E-state index in [1.807, 2.05) is 7.05 Å². The normalized spacial score (nSPS) is 10.4. The van der Waals surface area contributed by atoms with Crippen LogP contribution >= 0.6 is 0 Å². The lowest BCUT2D eigenvalue weighted by Gasteiger charge is -2.05. The van der Waals surface area contributed by atoms with Gasteiger partial charge in [-0.25, -0.2) is 4.98 Å². The maximum absolute atomic E-state index is 10.8. The molecule has 0 bridgehead atoms. The Hall–Kier alpha value is -2.78. The molecule has 0 aromatic carbocycles. The zero-order valence-electron chi connectivity index (χ0n) is 10.1. The van der Waals surface area contributed by atoms with Crippen molar-refractivity contribution < 1.29 is 4.92 Å². The van der Waals surface area contributed by atoms with Crippen LogP contribution in [0.15, 0.2) is 12.5 Å². The van der Waals surface area contributed by atoms with Crippen molar-refractivity contribution in [3.63, 3.8) is 0 Å². The quantitative estimate of drug-likeness (QED) is 0.556. The van der Waals surface area contributed by atoms with Crippen LogP contribution in [0.3, 0.4) is 0 Å². The third-order valence-corrected chi connectivity index (χ3v) is 2.43. The predicted molar refractivity (Wildman–Crippen MR) is 66.3 cm³/mol. The van der Waals surface area contributed by atoms with Gasteiger partial charge >= 0.3 is 5.69 Å². The molecule has 3 N–H and O–H groups in total. The van der Waals surface area contributed by atoms with E-state index >= 15 is 0 Å². The van der Waals surface area contributed by atoms with E-state index in [9.17, 15) is 10.1 Å². The molecule has 19 heavy (non-hydrogen) atoms. The number of hydrogen-bond acceptors (Lipinski definition) is 8. The van der Waals surface area contributed by atoms with Crippen LogP contribution < -0.4 is 11.1 Å². The highest BCUT2D eigenvalue weighted by Gasteiger charge is 2.16. The minimum atomic E-state index is -0.565. The van der Waals surface area contributed by atoms with Crippen molar-refractivity contribution in [1.29, 1.82) is 0 Å². The number of nitrogens with one attached hydrogen (secondary N) is 1. The number of nitrogen functional groups attached to an aromatic ring is 1. The van der Waals surface area contributed by atoms with E-state index < -0.39 is 4.92 Å². The van der Waals surface area contributed by atoms with Crippen molar-refractivity contribution in [2.45, 2.75) is 6.42 Å². The van der Waals surface area contributed by atoms with Crippen LogP contribution in [0.1, 0.15) is 5.82 Å². The first-order valence-corrected chi connectivity index (χ1v) is 5.41. The zero-order valence-corrected chi connectivity index (χ0v) is 10.1. The minimum absolute atomic E-state index is 0.0215. The molecule has 0 aliphatic rings. The molecule has 0 atom stereocenters. The van der Waals surface area contributed by atoms with Crippen LogP contribution in [0, 0.1) is 10.1 Å². The first-order chi connectivity index (χ1) is 9.08. The van der Waals surface area contributed by atoms with Crippen LogP contribution in [-0.4, -0.2) is 36.2 Å². The topological polar surface area (TPSA) is 138 Å². The second-order valence-corrected chi connectivity index (χ2v) is 3.75. The monoisotopic (exact) mass is 264 g/mol. The van der Waals surface area contributed by atoms with Gasteiger partial charge in [-0.05, 0) is 0 Å². The Labute approximate surface area is 107 Å². The Morgan fingerprint density at radius 1 is 1.58 bits per heavy atom. The molecule has 0 radical (unpaired) electrons. The van der Waals surface area contributed by atoms with E-state index in [0.717, 1.165) is 12.0 Å². The molecule has 0 amide bonds. The van der Waals surface area contributed by atoms with E-state index in [4.69, 9.17) is 5.73 Å². The van der Waals surface area contributed by atoms with Crippen LogP contribution in [0.25, 0.3) is 0 Å². The molecule has 2 rings (SSSR count). The Balaban J connectivity index is 2.05. The summed E-state index contributed by atoms with van der Waals surface area (Å²) >= 11 is 0. The summed E-state index contributed by atoms with van der Waals surface area (Å²) in [5, 5.41) is 21.3. The van der Waals surface area contributed by atoms with Crippen LogP contribution in [-0.2, 0) is 13.5 Å². The van der Waals surface area contributed by atoms with Gasteiger partial charge in [0.05, 0.1) is 4.92 Å². The summed E-state index contributed by atoms with van der Waals surface area (Å²) < 4.78 is 1.77. The van der Waals surface area contributed by atoms with Crippen LogP contribution in [0.2, 0.25) is 0 Å². The van der Waals surface area contributed by atoms with E-state index in [0.29, 0.717) is 13.0 Å². The number of rotatable bonds is 5. The number of hydrogen-bond donors (Lipinski definition) is 2. The molecule has 2 heterocycles. The molecule has 0 aliphatic heterocycles. The molecule has 0 saturated carbocycles. The lowest BCUT2D eigenvalue weighted by molar-refractivity contribution is -0.384. The van der Waals surface area contributed by atoms with Gasteiger partial charge in [-0.2, -0.15) is 4.98 Å². The number of anilines is 2. The van der Waals surface area contributed by atoms with Gasteiger partial charge in [0.25, 0.3) is 0 Å². The lowest BCUT2D eigenvalue weighted by Crippen LogP contribution is -2.12. The number of nitrogens with zero attached hydrogens (tertiary/aromatic N) is 6. The summed E-state index contributed by atoms with van der Waals surface area (Å²) in [7, 11) is 1.82. The van der Waals surface area contributed by atoms with E-state index in [2.05, 4.69) is 25.5 Å². The standard InChI is InChI=1S/C9H12N8O2/c1-16-5-13-15-7(16)2-3-11-8-6(17(18)19)4-12-9(10)14-8/h4-5H,2-3H2,1H3,(H3,10,11,12,14). The Bertz CT molecular complexity index is 596. The third-order valence-electron chi connectivity index (χ3n) is 2.43. The molecule has 0 saturated heterocycles. The van der Waals surface area contributed by atoms with Crippen molar-refractivity contribution >= 4 is 17.5 Å². The third kappa shape index (κ3) is 2.91. The summed E-state index contributed by atoms with van der Waals surface area (Å²) in [6.07, 6.45) is 3.21. The largest absolute Gasteiger partial charge is 0.368 e. The number of nitro groups is 1. The average molecular weight is 264 g/mol. The van der Waals surface area contributed by atoms with Gasteiger partial charge in [-0.15, -0.1) is 10.2 Å². The van der Waals surface area contributed by atoms with Gasteiger partial charge in [0, 0.05) is 20.0 Å². The first-order valence-electron chi connectivity index (χ1n) is 5.41. The van der Waals surface area contributed by atoms with Crippen LogP contribution in [0.5, 0.6) is 0 Å². The smallest absolute Gasteiger partial charge is 0.329 e. The van der Waals surface area contributed by atoms with Crippen LogP contribution in [0.4, 0.5) is 17.5 Å². The van der Waals surface area contributed by atoms with E-state index in [1.165, 1.54) is 0 Å². The molecule has 0 spiro atoms. The van der Waals surface area contributed by atoms with Crippen molar-refractivity contribution in [3.05, 3.63) is 28.5 Å². The average Bonchev–Trinajstić information content (AvgIpc) is 2.75. The molecular formula is C9H12N8O2. The summed E-state index contributed by atoms with van der Waals surface area (Å²) in [6.45, 7) is 0.420. The van der Waals surface area contributed by atoms with E-state index in [1.54, 1.807) is 10.9 Å². The molecule has 10 nitrogen and oxygen atoms in total. The summed E-state index contributed by atoms with van der Waals surface area (Å²) in [6, 6.07) is 0. The SMILES string of the molecule is Cn1cnnc1CCNc1nc(N)ncc1[N+](=O)[O-]. The molecule has 2 aromatic heterocycles. The second-order valence-electron chi connectivity index (χ2n) is 3.75. The van der Waals surface area contributed by atoms with Gasteiger partial charge in [-0.1, -0.05) is 0 Å². The molecule has 2 aromatic rings. The maximum Gasteiger partial charge on any atom is 0.329 e. The number of aryl methyl sites for hydroxylation is 1. The van der Waals surface area contributed by atoms with Crippen molar-refractivity contribution in [2.75, 3.05) is 17.6 Å². The summed E-state index contributed by atoms with van der Waals surface area (Å²) in [5.41, 5.74) is 5.19. The zero-order chi connectivity index (χ0) is 13.8. The van der Waals surface area contributed by atoms with E-state index in [-0.39, 0.29) is 17.5 Å². The van der Waals surface area contributed by atoms with Crippen molar-refractivity contribution in [1.82, 2.24) is 24.7 Å². The van der Waals surface area contributed by atoms with Gasteiger partial charge < -0.3 is 15.6 Å². The second kappa shape index (κ2) is 5.25. The van der Waals surface area contributed by atoms with Gasteiger partial charge in [-0.3, -0.25) is 10.1 Å².